The fraction of sp³-hybridized carbons (Fsp3) is 0.514. The number of rotatable bonds is 10. The lowest BCUT2D eigenvalue weighted by molar-refractivity contribution is -0.150. The molecule has 50 heavy (non-hydrogen) atoms. The van der Waals surface area contributed by atoms with E-state index < -0.39 is 18.7 Å². The molecule has 2 atom stereocenters. The fourth-order valence-electron chi connectivity index (χ4n) is 7.42. The van der Waals surface area contributed by atoms with Gasteiger partial charge in [0.15, 0.2) is 0 Å². The van der Waals surface area contributed by atoms with E-state index in [-0.39, 0.29) is 72.1 Å². The van der Waals surface area contributed by atoms with Gasteiger partial charge in [0.1, 0.15) is 0 Å². The van der Waals surface area contributed by atoms with Crippen molar-refractivity contribution < 1.29 is 37.4 Å². The van der Waals surface area contributed by atoms with E-state index in [1.807, 2.05) is 24.3 Å². The molecule has 3 N–H and O–H groups in total. The molecule has 1 aliphatic carbocycles. The van der Waals surface area contributed by atoms with Gasteiger partial charge in [-0.25, -0.2) is 0 Å². The smallest absolute Gasteiger partial charge is 0.401 e. The number of halogens is 5. The standard InChI is InChI=1S/C35H40Cl2F3N5O5/c36-28-16-31(42-33(47)27-17-41-30-4-2-1-3-26(27)30)29(37)13-22(28)14-32(46)45-18-23(44-11-9-43(10-12-44)20-35(38,39)40)15-24(45)19-50-25-7-5-21(6-8-25)34(48)49/h1-4,13,16-17,21,23-25,41H,5-12,14-15,18-20H2,(H,42,47)(H,48,49)/t21-,23-,24-,25-/m0/s1. The largest absolute Gasteiger partial charge is 0.481 e. The van der Waals surface area contributed by atoms with Gasteiger partial charge in [0, 0.05) is 60.9 Å². The maximum absolute atomic E-state index is 13.9. The number of para-hydroxylation sites is 1. The molecule has 0 radical (unpaired) electrons. The minimum Gasteiger partial charge on any atom is -0.481 e. The number of aliphatic carboxylic acids is 1. The van der Waals surface area contributed by atoms with Crippen molar-refractivity contribution in [3.8, 4) is 0 Å². The van der Waals surface area contributed by atoms with Gasteiger partial charge in [-0.15, -0.1) is 0 Å². The zero-order chi connectivity index (χ0) is 35.6. The van der Waals surface area contributed by atoms with Gasteiger partial charge in [-0.1, -0.05) is 41.4 Å². The Balaban J connectivity index is 1.12. The molecule has 0 bridgehead atoms. The zero-order valence-electron chi connectivity index (χ0n) is 27.4. The average Bonchev–Trinajstić information content (AvgIpc) is 3.71. The number of aromatic nitrogens is 1. The number of carboxylic acids is 1. The van der Waals surface area contributed by atoms with Gasteiger partial charge in [-0.3, -0.25) is 24.2 Å². The summed E-state index contributed by atoms with van der Waals surface area (Å²) >= 11 is 13.2. The lowest BCUT2D eigenvalue weighted by Crippen LogP contribution is -2.52. The van der Waals surface area contributed by atoms with E-state index in [9.17, 15) is 32.7 Å². The molecular formula is C35H40Cl2F3N5O5. The Morgan fingerprint density at radius 3 is 2.42 bits per heavy atom. The first-order valence-electron chi connectivity index (χ1n) is 16.9. The Morgan fingerprint density at radius 1 is 1.00 bits per heavy atom. The molecule has 6 rings (SSSR count). The number of benzene rings is 2. The average molecular weight is 739 g/mol. The number of hydrogen-bond acceptors (Lipinski definition) is 6. The molecule has 2 amide bonds. The van der Waals surface area contributed by atoms with Gasteiger partial charge < -0.3 is 25.0 Å². The number of hydrogen-bond donors (Lipinski definition) is 3. The number of amides is 2. The van der Waals surface area contributed by atoms with Crippen molar-refractivity contribution in [3.63, 3.8) is 0 Å². The zero-order valence-corrected chi connectivity index (χ0v) is 28.9. The van der Waals surface area contributed by atoms with Crippen LogP contribution in [0.25, 0.3) is 10.9 Å². The number of alkyl halides is 3. The number of fused-ring (bicyclic) bond motifs is 1. The van der Waals surface area contributed by atoms with Crippen LogP contribution in [0, 0.1) is 5.92 Å². The second kappa shape index (κ2) is 15.5. The first kappa shape index (κ1) is 36.4. The topological polar surface area (TPSA) is 118 Å². The molecule has 270 valence electrons. The number of H-pyrrole nitrogens is 1. The number of likely N-dealkylation sites (tertiary alicyclic amines) is 1. The molecular weight excluding hydrogens is 698 g/mol. The monoisotopic (exact) mass is 737 g/mol. The summed E-state index contributed by atoms with van der Waals surface area (Å²) in [6.45, 7) is 1.22. The molecule has 3 aromatic rings. The second-order valence-electron chi connectivity index (χ2n) is 13.5. The van der Waals surface area contributed by atoms with Gasteiger partial charge in [0.25, 0.3) is 5.91 Å². The highest BCUT2D eigenvalue weighted by atomic mass is 35.5. The Kier molecular flexibility index (Phi) is 11.3. The number of carbonyl (C=O) groups is 3. The van der Waals surface area contributed by atoms with E-state index in [2.05, 4.69) is 15.2 Å². The quantitative estimate of drug-likeness (QED) is 0.231. The van der Waals surface area contributed by atoms with Crippen LogP contribution in [0.3, 0.4) is 0 Å². The molecule has 3 fully saturated rings. The predicted molar refractivity (Wildman–Crippen MR) is 184 cm³/mol. The summed E-state index contributed by atoms with van der Waals surface area (Å²) in [5.74, 6) is -1.73. The normalized spacial score (nSPS) is 23.7. The Morgan fingerprint density at radius 2 is 1.72 bits per heavy atom. The number of ether oxygens (including phenoxy) is 1. The molecule has 2 saturated heterocycles. The predicted octanol–water partition coefficient (Wildman–Crippen LogP) is 6.08. The molecule has 1 aromatic heterocycles. The number of anilines is 1. The van der Waals surface area contributed by atoms with E-state index in [1.165, 1.54) is 11.0 Å². The van der Waals surface area contributed by atoms with Crippen molar-refractivity contribution in [2.75, 3.05) is 51.2 Å². The van der Waals surface area contributed by atoms with Crippen molar-refractivity contribution in [2.24, 2.45) is 5.92 Å². The maximum atomic E-state index is 13.9. The van der Waals surface area contributed by atoms with Crippen LogP contribution >= 0.6 is 23.2 Å². The van der Waals surface area contributed by atoms with Crippen molar-refractivity contribution in [2.45, 2.75) is 62.9 Å². The molecule has 0 unspecified atom stereocenters. The van der Waals surface area contributed by atoms with E-state index >= 15 is 0 Å². The lowest BCUT2D eigenvalue weighted by Gasteiger charge is -2.38. The van der Waals surface area contributed by atoms with Gasteiger partial charge in [-0.2, -0.15) is 13.2 Å². The molecule has 0 spiro atoms. The van der Waals surface area contributed by atoms with E-state index in [1.54, 1.807) is 17.2 Å². The van der Waals surface area contributed by atoms with Crippen molar-refractivity contribution in [3.05, 3.63) is 63.8 Å². The SMILES string of the molecule is O=C(Nc1cc(Cl)c(CC(=O)N2C[C@@H](N3CCN(CC(F)(F)F)CC3)C[C@H]2CO[C@H]2CC[C@H](C(=O)O)CC2)cc1Cl)c1c[nH]c2ccccc12. The first-order valence-corrected chi connectivity index (χ1v) is 17.6. The fourth-order valence-corrected chi connectivity index (χ4v) is 7.88. The molecule has 3 aliphatic rings. The molecule has 2 aromatic carbocycles. The summed E-state index contributed by atoms with van der Waals surface area (Å²) in [6, 6.07) is 10.2. The first-order chi connectivity index (χ1) is 23.8. The molecule has 15 heteroatoms. The lowest BCUT2D eigenvalue weighted by atomic mass is 9.87. The highest BCUT2D eigenvalue weighted by Gasteiger charge is 2.41. The molecule has 10 nitrogen and oxygen atoms in total. The summed E-state index contributed by atoms with van der Waals surface area (Å²) in [5, 5.41) is 13.4. The molecule has 1 saturated carbocycles. The van der Waals surface area contributed by atoms with Gasteiger partial charge >= 0.3 is 12.1 Å². The van der Waals surface area contributed by atoms with Gasteiger partial charge in [0.05, 0.1) is 53.9 Å². The third-order valence-corrected chi connectivity index (χ3v) is 10.8. The summed E-state index contributed by atoms with van der Waals surface area (Å²) in [6.07, 6.45) is 0.132. The van der Waals surface area contributed by atoms with Gasteiger partial charge in [-0.05, 0) is 55.9 Å². The van der Waals surface area contributed by atoms with E-state index in [0.717, 1.165) is 10.9 Å². The number of piperazine rings is 1. The third-order valence-electron chi connectivity index (χ3n) is 10.1. The Bertz CT molecular complexity index is 1710. The van der Waals surface area contributed by atoms with Crippen LogP contribution in [-0.2, 0) is 20.7 Å². The third kappa shape index (κ3) is 8.74. The summed E-state index contributed by atoms with van der Waals surface area (Å²) in [4.78, 5) is 46.8. The minimum atomic E-state index is -4.25. The van der Waals surface area contributed by atoms with Crippen molar-refractivity contribution in [1.82, 2.24) is 19.7 Å². The van der Waals surface area contributed by atoms with Crippen LogP contribution < -0.4 is 5.32 Å². The minimum absolute atomic E-state index is 0.0514. The summed E-state index contributed by atoms with van der Waals surface area (Å²) < 4.78 is 45.2. The van der Waals surface area contributed by atoms with Crippen molar-refractivity contribution >= 4 is 57.6 Å². The number of nitrogens with zero attached hydrogens (tertiary/aromatic N) is 3. The Hall–Kier alpha value is -3.36. The summed E-state index contributed by atoms with van der Waals surface area (Å²) in [5.41, 5.74) is 2.05. The molecule has 2 aliphatic heterocycles. The number of aromatic amines is 1. The highest BCUT2D eigenvalue weighted by Crippen LogP contribution is 2.33. The summed E-state index contributed by atoms with van der Waals surface area (Å²) in [7, 11) is 0. The van der Waals surface area contributed by atoms with E-state index in [4.69, 9.17) is 27.9 Å². The number of carboxylic acid groups (broad SMARTS) is 1. The van der Waals surface area contributed by atoms with Crippen LogP contribution in [-0.4, -0.2) is 113 Å². The van der Waals surface area contributed by atoms with Gasteiger partial charge in [0.2, 0.25) is 5.91 Å². The highest BCUT2D eigenvalue weighted by molar-refractivity contribution is 6.36. The van der Waals surface area contributed by atoms with Crippen LogP contribution in [0.4, 0.5) is 18.9 Å². The van der Waals surface area contributed by atoms with Crippen LogP contribution in [0.15, 0.2) is 42.6 Å². The van der Waals surface area contributed by atoms with Crippen molar-refractivity contribution in [1.29, 1.82) is 0 Å². The van der Waals surface area contributed by atoms with Crippen LogP contribution in [0.2, 0.25) is 10.0 Å². The Labute approximate surface area is 297 Å². The second-order valence-corrected chi connectivity index (χ2v) is 14.3. The van der Waals surface area contributed by atoms with E-state index in [0.29, 0.717) is 68.6 Å². The number of nitrogens with one attached hydrogen (secondary N) is 2. The maximum Gasteiger partial charge on any atom is 0.401 e. The van der Waals surface area contributed by atoms with Crippen LogP contribution in [0.5, 0.6) is 0 Å². The molecule has 3 heterocycles. The van der Waals surface area contributed by atoms with Crippen LogP contribution in [0.1, 0.15) is 48.0 Å². The number of carbonyl (C=O) groups excluding carboxylic acids is 2.